The topological polar surface area (TPSA) is 54.5 Å². The molecule has 0 spiro atoms. The Morgan fingerprint density at radius 1 is 1.53 bits per heavy atom. The van der Waals surface area contributed by atoms with Gasteiger partial charge in [-0.1, -0.05) is 11.6 Å². The third kappa shape index (κ3) is 3.31. The number of pyridine rings is 1. The minimum Gasteiger partial charge on any atom is -0.389 e. The van der Waals surface area contributed by atoms with Crippen LogP contribution in [-0.4, -0.2) is 42.2 Å². The highest BCUT2D eigenvalue weighted by Gasteiger charge is 2.19. The molecule has 0 radical (unpaired) electrons. The third-order valence-corrected chi connectivity index (χ3v) is 3.04. The summed E-state index contributed by atoms with van der Waals surface area (Å²) >= 11 is 9.14. The average Bonchev–Trinajstić information content (AvgIpc) is 2.34. The van der Waals surface area contributed by atoms with Gasteiger partial charge in [0.05, 0.1) is 0 Å². The van der Waals surface area contributed by atoms with E-state index in [4.69, 9.17) is 16.3 Å². The van der Waals surface area contributed by atoms with E-state index in [0.29, 0.717) is 18.1 Å². The van der Waals surface area contributed by atoms with E-state index in [9.17, 15) is 4.79 Å². The molecule has 1 aromatic rings. The van der Waals surface area contributed by atoms with E-state index in [1.165, 1.54) is 6.20 Å². The molecule has 1 amide bonds. The van der Waals surface area contributed by atoms with Crippen LogP contribution in [0, 0.1) is 0 Å². The van der Waals surface area contributed by atoms with Gasteiger partial charge in [0.2, 0.25) is 5.88 Å². The van der Waals surface area contributed by atoms with Gasteiger partial charge in [0.1, 0.15) is 5.02 Å². The Hall–Kier alpha value is -0.850. The Morgan fingerprint density at radius 2 is 2.24 bits per heavy atom. The van der Waals surface area contributed by atoms with Crippen LogP contribution in [0.15, 0.2) is 16.7 Å². The number of carbonyl (C=O) groups excluding carboxylic acids is 1. The summed E-state index contributed by atoms with van der Waals surface area (Å²) in [5.41, 5.74) is 0. The number of piperazine rings is 1. The lowest BCUT2D eigenvalue weighted by Crippen LogP contribution is -2.47. The normalized spacial score (nSPS) is 15.8. The lowest BCUT2D eigenvalue weighted by atomic mass is 10.4. The summed E-state index contributed by atoms with van der Waals surface area (Å²) in [4.78, 5) is 17.3. The molecule has 1 fully saturated rings. The molecule has 1 saturated heterocycles. The number of aromatic nitrogens is 1. The zero-order valence-electron chi connectivity index (χ0n) is 8.95. The van der Waals surface area contributed by atoms with Crippen molar-refractivity contribution in [2.24, 2.45) is 0 Å². The molecule has 92 valence electrons. The van der Waals surface area contributed by atoms with Gasteiger partial charge >= 0.3 is 6.09 Å². The van der Waals surface area contributed by atoms with Crippen LogP contribution in [0.2, 0.25) is 5.02 Å². The minimum absolute atomic E-state index is 0.137. The van der Waals surface area contributed by atoms with E-state index in [1.54, 1.807) is 11.0 Å². The van der Waals surface area contributed by atoms with Crippen LogP contribution in [0.5, 0.6) is 5.88 Å². The molecule has 1 aliphatic rings. The highest BCUT2D eigenvalue weighted by molar-refractivity contribution is 9.10. The first kappa shape index (κ1) is 12.6. The Bertz CT molecular complexity index is 424. The van der Waals surface area contributed by atoms with Crippen molar-refractivity contribution < 1.29 is 9.53 Å². The summed E-state index contributed by atoms with van der Waals surface area (Å²) < 4.78 is 5.88. The summed E-state index contributed by atoms with van der Waals surface area (Å²) in [5.74, 6) is 0.137. The largest absolute Gasteiger partial charge is 0.416 e. The van der Waals surface area contributed by atoms with Gasteiger partial charge in [-0.05, 0) is 22.0 Å². The fraction of sp³-hybridized carbons (Fsp3) is 0.400. The van der Waals surface area contributed by atoms with Gasteiger partial charge in [-0.2, -0.15) is 0 Å². The molecule has 0 atom stereocenters. The van der Waals surface area contributed by atoms with Crippen LogP contribution in [-0.2, 0) is 0 Å². The van der Waals surface area contributed by atoms with Gasteiger partial charge in [-0.25, -0.2) is 9.78 Å². The molecular formula is C10H11BrClN3O2. The van der Waals surface area contributed by atoms with Crippen molar-refractivity contribution in [3.8, 4) is 5.88 Å². The molecule has 5 nitrogen and oxygen atoms in total. The monoisotopic (exact) mass is 319 g/mol. The molecule has 0 aromatic carbocycles. The number of carbonyl (C=O) groups is 1. The molecule has 1 aliphatic heterocycles. The molecule has 17 heavy (non-hydrogen) atoms. The van der Waals surface area contributed by atoms with Gasteiger partial charge in [0.25, 0.3) is 0 Å². The summed E-state index contributed by atoms with van der Waals surface area (Å²) in [6, 6.07) is 1.63. The van der Waals surface area contributed by atoms with Crippen LogP contribution < -0.4 is 10.1 Å². The van der Waals surface area contributed by atoms with E-state index in [0.717, 1.165) is 17.6 Å². The lowest BCUT2D eigenvalue weighted by molar-refractivity contribution is 0.144. The lowest BCUT2D eigenvalue weighted by Gasteiger charge is -2.26. The Labute approximate surface area is 112 Å². The fourth-order valence-corrected chi connectivity index (χ4v) is 2.14. The standard InChI is InChI=1S/C10H11BrClN3O2/c11-7-5-8(12)9(14-6-7)17-10(16)15-3-1-13-2-4-15/h5-6,13H,1-4H2. The summed E-state index contributed by atoms with van der Waals surface area (Å²) in [7, 11) is 0. The van der Waals surface area contributed by atoms with Crippen molar-refractivity contribution in [1.82, 2.24) is 15.2 Å². The summed E-state index contributed by atoms with van der Waals surface area (Å²) in [6.45, 7) is 2.81. The second-order valence-corrected chi connectivity index (χ2v) is 4.87. The van der Waals surface area contributed by atoms with Crippen LogP contribution in [0.4, 0.5) is 4.79 Å². The van der Waals surface area contributed by atoms with Gasteiger partial charge in [-0.15, -0.1) is 0 Å². The van der Waals surface area contributed by atoms with E-state index in [2.05, 4.69) is 26.2 Å². The van der Waals surface area contributed by atoms with Crippen molar-refractivity contribution in [2.75, 3.05) is 26.2 Å². The highest BCUT2D eigenvalue weighted by atomic mass is 79.9. The molecule has 0 unspecified atom stereocenters. The Balaban J connectivity index is 2.02. The quantitative estimate of drug-likeness (QED) is 0.859. The van der Waals surface area contributed by atoms with Crippen molar-refractivity contribution >= 4 is 33.6 Å². The molecule has 0 aliphatic carbocycles. The molecule has 0 bridgehead atoms. The number of hydrogen-bond acceptors (Lipinski definition) is 4. The highest BCUT2D eigenvalue weighted by Crippen LogP contribution is 2.25. The van der Waals surface area contributed by atoms with Crippen LogP contribution in [0.1, 0.15) is 0 Å². The van der Waals surface area contributed by atoms with E-state index in [-0.39, 0.29) is 5.88 Å². The van der Waals surface area contributed by atoms with Gasteiger partial charge in [-0.3, -0.25) is 0 Å². The van der Waals surface area contributed by atoms with Crippen molar-refractivity contribution in [3.05, 3.63) is 21.8 Å². The molecule has 2 heterocycles. The summed E-state index contributed by atoms with van der Waals surface area (Å²) in [6.07, 6.45) is 1.12. The predicted molar refractivity (Wildman–Crippen MR) is 67.4 cm³/mol. The second kappa shape index (κ2) is 5.66. The zero-order chi connectivity index (χ0) is 12.3. The molecular weight excluding hydrogens is 309 g/mol. The smallest absolute Gasteiger partial charge is 0.389 e. The molecule has 1 N–H and O–H groups in total. The molecule has 2 rings (SSSR count). The predicted octanol–water partition coefficient (Wildman–Crippen LogP) is 1.90. The number of ether oxygens (including phenoxy) is 1. The molecule has 7 heteroatoms. The van der Waals surface area contributed by atoms with Crippen LogP contribution in [0.25, 0.3) is 0 Å². The number of halogens is 2. The number of rotatable bonds is 1. The van der Waals surface area contributed by atoms with E-state index in [1.807, 2.05) is 0 Å². The maximum atomic E-state index is 11.8. The minimum atomic E-state index is -0.414. The van der Waals surface area contributed by atoms with Gasteiger partial charge in [0, 0.05) is 36.8 Å². The number of nitrogens with zero attached hydrogens (tertiary/aromatic N) is 2. The Morgan fingerprint density at radius 3 is 2.88 bits per heavy atom. The first-order valence-corrected chi connectivity index (χ1v) is 6.32. The molecule has 0 saturated carbocycles. The number of nitrogens with one attached hydrogen (secondary N) is 1. The zero-order valence-corrected chi connectivity index (χ0v) is 11.3. The van der Waals surface area contributed by atoms with Crippen LogP contribution >= 0.6 is 27.5 Å². The van der Waals surface area contributed by atoms with Crippen LogP contribution in [0.3, 0.4) is 0 Å². The summed E-state index contributed by atoms with van der Waals surface area (Å²) in [5, 5.41) is 3.46. The molecule has 1 aromatic heterocycles. The SMILES string of the molecule is O=C(Oc1ncc(Br)cc1Cl)N1CCNCC1. The fourth-order valence-electron chi connectivity index (χ4n) is 1.47. The third-order valence-electron chi connectivity index (χ3n) is 2.33. The van der Waals surface area contributed by atoms with E-state index < -0.39 is 6.09 Å². The van der Waals surface area contributed by atoms with Gasteiger partial charge in [0.15, 0.2) is 0 Å². The number of hydrogen-bond donors (Lipinski definition) is 1. The van der Waals surface area contributed by atoms with Crippen molar-refractivity contribution in [2.45, 2.75) is 0 Å². The second-order valence-electron chi connectivity index (χ2n) is 3.55. The number of amides is 1. The Kier molecular flexibility index (Phi) is 4.20. The van der Waals surface area contributed by atoms with Crippen molar-refractivity contribution in [1.29, 1.82) is 0 Å². The maximum absolute atomic E-state index is 11.8. The first-order valence-electron chi connectivity index (χ1n) is 5.15. The average molecular weight is 321 g/mol. The maximum Gasteiger partial charge on any atom is 0.416 e. The van der Waals surface area contributed by atoms with E-state index >= 15 is 0 Å². The van der Waals surface area contributed by atoms with Crippen molar-refractivity contribution in [3.63, 3.8) is 0 Å². The van der Waals surface area contributed by atoms with Gasteiger partial charge < -0.3 is 15.0 Å². The first-order chi connectivity index (χ1) is 8.16.